The SMILES string of the molecule is COc1cccc(N2CCN(CCOCCN)CC2)c1.Cl.Cl. The maximum atomic E-state index is 5.43. The smallest absolute Gasteiger partial charge is 0.120 e. The molecule has 1 aliphatic rings. The van der Waals surface area contributed by atoms with Crippen LogP contribution in [0.25, 0.3) is 0 Å². The molecule has 2 rings (SSSR count). The molecule has 0 atom stereocenters. The minimum atomic E-state index is 0. The Morgan fingerprint density at radius 1 is 1.09 bits per heavy atom. The summed E-state index contributed by atoms with van der Waals surface area (Å²) in [6.45, 7) is 7.26. The number of hydrogen-bond donors (Lipinski definition) is 1. The fourth-order valence-electron chi connectivity index (χ4n) is 2.42. The molecule has 2 N–H and O–H groups in total. The van der Waals surface area contributed by atoms with Crippen LogP contribution in [0.15, 0.2) is 24.3 Å². The summed E-state index contributed by atoms with van der Waals surface area (Å²) in [5.41, 5.74) is 6.64. The number of anilines is 1. The molecule has 1 fully saturated rings. The lowest BCUT2D eigenvalue weighted by atomic mass is 10.2. The highest BCUT2D eigenvalue weighted by Gasteiger charge is 2.17. The summed E-state index contributed by atoms with van der Waals surface area (Å²) in [4.78, 5) is 4.84. The Hall–Kier alpha value is -0.720. The molecule has 1 aromatic carbocycles. The fraction of sp³-hybridized carbons (Fsp3) is 0.600. The van der Waals surface area contributed by atoms with Gasteiger partial charge in [0.15, 0.2) is 0 Å². The van der Waals surface area contributed by atoms with E-state index in [4.69, 9.17) is 15.2 Å². The average Bonchev–Trinajstić information content (AvgIpc) is 2.52. The Bertz CT molecular complexity index is 402. The summed E-state index contributed by atoms with van der Waals surface area (Å²) >= 11 is 0. The van der Waals surface area contributed by atoms with E-state index in [1.54, 1.807) is 7.11 Å². The van der Waals surface area contributed by atoms with E-state index in [0.717, 1.165) is 45.1 Å². The summed E-state index contributed by atoms with van der Waals surface area (Å²) in [6.07, 6.45) is 0. The minimum absolute atomic E-state index is 0. The summed E-state index contributed by atoms with van der Waals surface area (Å²) < 4.78 is 10.7. The molecule has 7 heteroatoms. The van der Waals surface area contributed by atoms with Gasteiger partial charge in [0.1, 0.15) is 5.75 Å². The summed E-state index contributed by atoms with van der Waals surface area (Å²) in [5.74, 6) is 0.917. The van der Waals surface area contributed by atoms with E-state index in [9.17, 15) is 0 Å². The van der Waals surface area contributed by atoms with Crippen molar-refractivity contribution in [2.45, 2.75) is 0 Å². The van der Waals surface area contributed by atoms with Gasteiger partial charge in [-0.1, -0.05) is 6.07 Å². The standard InChI is InChI=1S/C15H25N3O2.2ClH/c1-19-15-4-2-3-14(13-15)18-8-6-17(7-9-18)10-12-20-11-5-16;;/h2-4,13H,5-12,16H2,1H3;2*1H. The van der Waals surface area contributed by atoms with Crippen LogP contribution in [0.4, 0.5) is 5.69 Å². The Balaban J connectivity index is 0.00000220. The number of hydrogen-bond acceptors (Lipinski definition) is 5. The van der Waals surface area contributed by atoms with Gasteiger partial charge in [-0.3, -0.25) is 4.90 Å². The van der Waals surface area contributed by atoms with Crippen LogP contribution in [0.3, 0.4) is 0 Å². The Morgan fingerprint density at radius 3 is 2.45 bits per heavy atom. The van der Waals surface area contributed by atoms with E-state index in [-0.39, 0.29) is 24.8 Å². The van der Waals surface area contributed by atoms with Gasteiger partial charge in [-0.15, -0.1) is 24.8 Å². The lowest BCUT2D eigenvalue weighted by molar-refractivity contribution is 0.107. The van der Waals surface area contributed by atoms with Crippen molar-refractivity contribution in [3.05, 3.63) is 24.3 Å². The molecule has 0 saturated carbocycles. The molecule has 1 heterocycles. The highest BCUT2D eigenvalue weighted by molar-refractivity contribution is 5.85. The maximum absolute atomic E-state index is 5.43. The molecule has 1 saturated heterocycles. The summed E-state index contributed by atoms with van der Waals surface area (Å²) in [6, 6.07) is 8.26. The second-order valence-electron chi connectivity index (χ2n) is 4.93. The molecular formula is C15H27Cl2N3O2. The number of rotatable bonds is 7. The van der Waals surface area contributed by atoms with Gasteiger partial charge in [0.2, 0.25) is 0 Å². The van der Waals surface area contributed by atoms with Crippen LogP contribution in [0.1, 0.15) is 0 Å². The molecule has 0 bridgehead atoms. The number of nitrogens with two attached hydrogens (primary N) is 1. The third-order valence-corrected chi connectivity index (χ3v) is 3.60. The normalized spacial score (nSPS) is 14.9. The van der Waals surface area contributed by atoms with Gasteiger partial charge in [0, 0.05) is 51.0 Å². The molecule has 0 aliphatic carbocycles. The highest BCUT2D eigenvalue weighted by atomic mass is 35.5. The second kappa shape index (κ2) is 11.8. The molecule has 5 nitrogen and oxygen atoms in total. The fourth-order valence-corrected chi connectivity index (χ4v) is 2.42. The third kappa shape index (κ3) is 6.58. The van der Waals surface area contributed by atoms with Crippen LogP contribution in [0.5, 0.6) is 5.75 Å². The Labute approximate surface area is 145 Å². The Kier molecular flexibility index (Phi) is 11.4. The Morgan fingerprint density at radius 2 is 1.82 bits per heavy atom. The molecule has 0 radical (unpaired) electrons. The van der Waals surface area contributed by atoms with Crippen molar-refractivity contribution in [1.82, 2.24) is 4.90 Å². The van der Waals surface area contributed by atoms with Gasteiger partial charge in [0.05, 0.1) is 20.3 Å². The molecule has 0 unspecified atom stereocenters. The van der Waals surface area contributed by atoms with Crippen LogP contribution in [-0.2, 0) is 4.74 Å². The predicted molar refractivity (Wildman–Crippen MR) is 96.0 cm³/mol. The largest absolute Gasteiger partial charge is 0.497 e. The van der Waals surface area contributed by atoms with Gasteiger partial charge < -0.3 is 20.1 Å². The van der Waals surface area contributed by atoms with E-state index < -0.39 is 0 Å². The topological polar surface area (TPSA) is 51.0 Å². The van der Waals surface area contributed by atoms with Crippen molar-refractivity contribution in [3.8, 4) is 5.75 Å². The van der Waals surface area contributed by atoms with Gasteiger partial charge in [-0.2, -0.15) is 0 Å². The van der Waals surface area contributed by atoms with Crippen molar-refractivity contribution in [3.63, 3.8) is 0 Å². The number of nitrogens with zero attached hydrogens (tertiary/aromatic N) is 2. The number of piperazine rings is 1. The van der Waals surface area contributed by atoms with Gasteiger partial charge >= 0.3 is 0 Å². The first-order valence-electron chi connectivity index (χ1n) is 7.22. The molecule has 0 spiro atoms. The molecule has 1 aliphatic heterocycles. The number of ether oxygens (including phenoxy) is 2. The van der Waals surface area contributed by atoms with Crippen LogP contribution in [0, 0.1) is 0 Å². The van der Waals surface area contributed by atoms with Gasteiger partial charge in [-0.25, -0.2) is 0 Å². The molecule has 0 aromatic heterocycles. The first-order valence-corrected chi connectivity index (χ1v) is 7.22. The van der Waals surface area contributed by atoms with Gasteiger partial charge in [0.25, 0.3) is 0 Å². The quantitative estimate of drug-likeness (QED) is 0.756. The number of halogens is 2. The first-order chi connectivity index (χ1) is 9.83. The molecule has 22 heavy (non-hydrogen) atoms. The van der Waals surface area contributed by atoms with Crippen LogP contribution in [0.2, 0.25) is 0 Å². The summed E-state index contributed by atoms with van der Waals surface area (Å²) in [7, 11) is 1.71. The van der Waals surface area contributed by atoms with Gasteiger partial charge in [-0.05, 0) is 12.1 Å². The van der Waals surface area contributed by atoms with E-state index >= 15 is 0 Å². The maximum Gasteiger partial charge on any atom is 0.120 e. The zero-order valence-electron chi connectivity index (χ0n) is 13.1. The minimum Gasteiger partial charge on any atom is -0.497 e. The monoisotopic (exact) mass is 351 g/mol. The van der Waals surface area contributed by atoms with Crippen molar-refractivity contribution >= 4 is 30.5 Å². The zero-order valence-corrected chi connectivity index (χ0v) is 14.7. The highest BCUT2D eigenvalue weighted by Crippen LogP contribution is 2.21. The third-order valence-electron chi connectivity index (χ3n) is 3.60. The lowest BCUT2D eigenvalue weighted by Crippen LogP contribution is -2.47. The second-order valence-corrected chi connectivity index (χ2v) is 4.93. The van der Waals surface area contributed by atoms with Crippen molar-refractivity contribution in [2.24, 2.45) is 5.73 Å². The van der Waals surface area contributed by atoms with E-state index in [1.165, 1.54) is 5.69 Å². The van der Waals surface area contributed by atoms with E-state index in [2.05, 4.69) is 21.9 Å². The predicted octanol–water partition coefficient (Wildman–Crippen LogP) is 1.64. The van der Waals surface area contributed by atoms with Crippen LogP contribution < -0.4 is 15.4 Å². The average molecular weight is 352 g/mol. The first kappa shape index (κ1) is 21.3. The molecule has 128 valence electrons. The summed E-state index contributed by atoms with van der Waals surface area (Å²) in [5, 5.41) is 0. The van der Waals surface area contributed by atoms with Crippen LogP contribution in [-0.4, -0.2) is 64.5 Å². The molecule has 0 amide bonds. The zero-order chi connectivity index (χ0) is 14.2. The molecular weight excluding hydrogens is 325 g/mol. The molecule has 1 aromatic rings. The lowest BCUT2D eigenvalue weighted by Gasteiger charge is -2.36. The van der Waals surface area contributed by atoms with Crippen molar-refractivity contribution in [2.75, 3.05) is 64.5 Å². The van der Waals surface area contributed by atoms with E-state index in [0.29, 0.717) is 13.2 Å². The van der Waals surface area contributed by atoms with E-state index in [1.807, 2.05) is 12.1 Å². The van der Waals surface area contributed by atoms with Crippen molar-refractivity contribution in [1.29, 1.82) is 0 Å². The van der Waals surface area contributed by atoms with Crippen LogP contribution >= 0.6 is 24.8 Å². The number of methoxy groups -OCH3 is 1. The number of benzene rings is 1. The van der Waals surface area contributed by atoms with Crippen molar-refractivity contribution < 1.29 is 9.47 Å².